The molecule has 18 heavy (non-hydrogen) atoms. The van der Waals surface area contributed by atoms with Crippen molar-refractivity contribution in [2.45, 2.75) is 31.5 Å². The quantitative estimate of drug-likeness (QED) is 0.752. The summed E-state index contributed by atoms with van der Waals surface area (Å²) in [6.07, 6.45) is 3.37. The molecule has 1 aliphatic rings. The van der Waals surface area contributed by atoms with Crippen LogP contribution in [0, 0.1) is 0 Å². The maximum absolute atomic E-state index is 8.86. The lowest BCUT2D eigenvalue weighted by Crippen LogP contribution is -1.99. The molecule has 1 heterocycles. The fourth-order valence-electron chi connectivity index (χ4n) is 2.14. The van der Waals surface area contributed by atoms with Gasteiger partial charge in [0.05, 0.1) is 26.9 Å². The summed E-state index contributed by atoms with van der Waals surface area (Å²) in [5.41, 5.74) is 1.23. The zero-order valence-corrected chi connectivity index (χ0v) is 10.9. The Bertz CT molecular complexity index is 391. The molecule has 0 radical (unpaired) electrons. The molecule has 0 bridgehead atoms. The second kappa shape index (κ2) is 6.07. The number of methoxy groups -OCH3 is 2. The summed E-state index contributed by atoms with van der Waals surface area (Å²) in [4.78, 5) is 0. The number of hydrogen-bond donors (Lipinski definition) is 1. The minimum atomic E-state index is 0.0791. The van der Waals surface area contributed by atoms with Crippen molar-refractivity contribution in [1.29, 1.82) is 0 Å². The average molecular weight is 252 g/mol. The van der Waals surface area contributed by atoms with Gasteiger partial charge in [0.15, 0.2) is 11.5 Å². The molecule has 1 fully saturated rings. The van der Waals surface area contributed by atoms with E-state index in [2.05, 4.69) is 6.07 Å². The second-order valence-electron chi connectivity index (χ2n) is 4.48. The van der Waals surface area contributed by atoms with Crippen LogP contribution in [0.3, 0.4) is 0 Å². The van der Waals surface area contributed by atoms with E-state index >= 15 is 0 Å². The highest BCUT2D eigenvalue weighted by Crippen LogP contribution is 2.29. The predicted octanol–water partition coefficient (Wildman–Crippen LogP) is 1.79. The molecule has 0 spiro atoms. The number of rotatable bonds is 7. The summed E-state index contributed by atoms with van der Waals surface area (Å²) in [6.45, 7) is 0.140. The Kier molecular flexibility index (Phi) is 4.44. The molecule has 1 aromatic rings. The summed E-state index contributed by atoms with van der Waals surface area (Å²) >= 11 is 0. The van der Waals surface area contributed by atoms with Crippen molar-refractivity contribution in [2.75, 3.05) is 20.8 Å². The van der Waals surface area contributed by atoms with Crippen molar-refractivity contribution >= 4 is 0 Å². The number of epoxide rings is 1. The first kappa shape index (κ1) is 13.2. The molecule has 2 atom stereocenters. The van der Waals surface area contributed by atoms with Crippen LogP contribution in [0.25, 0.3) is 0 Å². The van der Waals surface area contributed by atoms with Gasteiger partial charge >= 0.3 is 0 Å². The highest BCUT2D eigenvalue weighted by molar-refractivity contribution is 5.42. The molecule has 1 aliphatic heterocycles. The molecule has 0 amide bonds. The van der Waals surface area contributed by atoms with E-state index in [0.29, 0.717) is 0 Å². The van der Waals surface area contributed by atoms with Gasteiger partial charge in [-0.1, -0.05) is 6.07 Å². The fourth-order valence-corrected chi connectivity index (χ4v) is 2.14. The summed E-state index contributed by atoms with van der Waals surface area (Å²) < 4.78 is 15.8. The van der Waals surface area contributed by atoms with E-state index in [-0.39, 0.29) is 18.8 Å². The maximum Gasteiger partial charge on any atom is 0.160 e. The molecule has 0 saturated carbocycles. The van der Waals surface area contributed by atoms with Gasteiger partial charge in [-0.3, -0.25) is 0 Å². The third-order valence-electron chi connectivity index (χ3n) is 3.27. The first-order valence-electron chi connectivity index (χ1n) is 6.25. The minimum absolute atomic E-state index is 0.0791. The van der Waals surface area contributed by atoms with Crippen LogP contribution < -0.4 is 9.47 Å². The van der Waals surface area contributed by atoms with E-state index in [1.165, 1.54) is 5.56 Å². The first-order chi connectivity index (χ1) is 8.78. The molecular formula is C14H20O4. The monoisotopic (exact) mass is 252 g/mol. The Labute approximate surface area is 107 Å². The summed E-state index contributed by atoms with van der Waals surface area (Å²) in [6, 6.07) is 5.99. The van der Waals surface area contributed by atoms with Crippen LogP contribution in [0.15, 0.2) is 18.2 Å². The Morgan fingerprint density at radius 3 is 2.56 bits per heavy atom. The number of aliphatic hydroxyl groups excluding tert-OH is 1. The molecular weight excluding hydrogens is 232 g/mol. The van der Waals surface area contributed by atoms with Crippen LogP contribution in [-0.4, -0.2) is 38.1 Å². The van der Waals surface area contributed by atoms with Gasteiger partial charge in [0, 0.05) is 0 Å². The van der Waals surface area contributed by atoms with E-state index in [4.69, 9.17) is 19.3 Å². The fraction of sp³-hybridized carbons (Fsp3) is 0.571. The Morgan fingerprint density at radius 1 is 1.17 bits per heavy atom. The van der Waals surface area contributed by atoms with E-state index in [1.54, 1.807) is 14.2 Å². The van der Waals surface area contributed by atoms with Crippen molar-refractivity contribution in [3.63, 3.8) is 0 Å². The van der Waals surface area contributed by atoms with Gasteiger partial charge in [0.1, 0.15) is 6.10 Å². The van der Waals surface area contributed by atoms with E-state index in [9.17, 15) is 0 Å². The van der Waals surface area contributed by atoms with Crippen molar-refractivity contribution in [3.8, 4) is 11.5 Å². The number of ether oxygens (including phenoxy) is 3. The smallest absolute Gasteiger partial charge is 0.160 e. The maximum atomic E-state index is 8.86. The van der Waals surface area contributed by atoms with Gasteiger partial charge in [-0.05, 0) is 37.0 Å². The van der Waals surface area contributed by atoms with Gasteiger partial charge < -0.3 is 19.3 Å². The minimum Gasteiger partial charge on any atom is -0.493 e. The lowest BCUT2D eigenvalue weighted by Gasteiger charge is -2.09. The molecule has 4 nitrogen and oxygen atoms in total. The van der Waals surface area contributed by atoms with E-state index in [0.717, 1.165) is 30.8 Å². The second-order valence-corrected chi connectivity index (χ2v) is 4.48. The van der Waals surface area contributed by atoms with Crippen LogP contribution in [-0.2, 0) is 11.2 Å². The highest BCUT2D eigenvalue weighted by atomic mass is 16.6. The predicted molar refractivity (Wildman–Crippen MR) is 68.2 cm³/mol. The summed E-state index contributed by atoms with van der Waals surface area (Å²) in [7, 11) is 3.28. The van der Waals surface area contributed by atoms with Crippen molar-refractivity contribution in [3.05, 3.63) is 23.8 Å². The average Bonchev–Trinajstić information content (AvgIpc) is 3.17. The third kappa shape index (κ3) is 3.15. The molecule has 1 saturated heterocycles. The van der Waals surface area contributed by atoms with E-state index in [1.807, 2.05) is 12.1 Å². The summed E-state index contributed by atoms with van der Waals surface area (Å²) in [5, 5.41) is 8.86. The summed E-state index contributed by atoms with van der Waals surface area (Å²) in [5.74, 6) is 1.53. The van der Waals surface area contributed by atoms with Crippen LogP contribution in [0.1, 0.15) is 18.4 Å². The number of benzene rings is 1. The normalized spacial score (nSPS) is 21.7. The standard InChI is InChI=1S/C14H20O4/c1-16-11-7-6-10(8-13(11)17-2)4-3-5-12-14(9-15)18-12/h6-8,12,14-15H,3-5,9H2,1-2H3/t12-,14-/m1/s1. The molecule has 1 N–H and O–H groups in total. The molecule has 2 rings (SSSR count). The molecule has 100 valence electrons. The zero-order valence-electron chi connectivity index (χ0n) is 10.9. The topological polar surface area (TPSA) is 51.2 Å². The van der Waals surface area contributed by atoms with Gasteiger partial charge in [0.2, 0.25) is 0 Å². The Hall–Kier alpha value is -1.26. The van der Waals surface area contributed by atoms with Gasteiger partial charge in [-0.25, -0.2) is 0 Å². The van der Waals surface area contributed by atoms with Crippen LogP contribution in [0.2, 0.25) is 0 Å². The molecule has 4 heteroatoms. The van der Waals surface area contributed by atoms with Crippen molar-refractivity contribution in [1.82, 2.24) is 0 Å². The SMILES string of the molecule is COc1ccc(CCC[C@H]2O[C@@H]2CO)cc1OC. The van der Waals surface area contributed by atoms with Gasteiger partial charge in [-0.2, -0.15) is 0 Å². The lowest BCUT2D eigenvalue weighted by molar-refractivity contribution is 0.241. The van der Waals surface area contributed by atoms with Crippen LogP contribution in [0.5, 0.6) is 11.5 Å². The lowest BCUT2D eigenvalue weighted by atomic mass is 10.1. The number of hydrogen-bond acceptors (Lipinski definition) is 4. The zero-order chi connectivity index (χ0) is 13.0. The third-order valence-corrected chi connectivity index (χ3v) is 3.27. The van der Waals surface area contributed by atoms with E-state index < -0.39 is 0 Å². The molecule has 0 unspecified atom stereocenters. The Balaban J connectivity index is 1.82. The largest absolute Gasteiger partial charge is 0.493 e. The van der Waals surface area contributed by atoms with Crippen LogP contribution in [0.4, 0.5) is 0 Å². The molecule has 0 aromatic heterocycles. The van der Waals surface area contributed by atoms with Gasteiger partial charge in [-0.15, -0.1) is 0 Å². The van der Waals surface area contributed by atoms with Crippen molar-refractivity contribution < 1.29 is 19.3 Å². The van der Waals surface area contributed by atoms with Crippen molar-refractivity contribution in [2.24, 2.45) is 0 Å². The first-order valence-corrected chi connectivity index (χ1v) is 6.25. The number of aryl methyl sites for hydroxylation is 1. The highest BCUT2D eigenvalue weighted by Gasteiger charge is 2.36. The van der Waals surface area contributed by atoms with Gasteiger partial charge in [0.25, 0.3) is 0 Å². The Morgan fingerprint density at radius 2 is 1.94 bits per heavy atom. The number of aliphatic hydroxyl groups is 1. The molecule has 0 aliphatic carbocycles. The van der Waals surface area contributed by atoms with Crippen LogP contribution >= 0.6 is 0 Å². The molecule has 1 aromatic carbocycles.